The van der Waals surface area contributed by atoms with E-state index in [9.17, 15) is 14.4 Å². The minimum Gasteiger partial charge on any atom is -0.462 e. The molecule has 0 N–H and O–H groups in total. The molecule has 0 heterocycles. The van der Waals surface area contributed by atoms with Gasteiger partial charge in [-0.2, -0.15) is 0 Å². The van der Waals surface area contributed by atoms with Gasteiger partial charge in [-0.3, -0.25) is 14.4 Å². The Morgan fingerprint density at radius 1 is 0.318 bits per heavy atom. The van der Waals surface area contributed by atoms with E-state index in [-0.39, 0.29) is 31.1 Å². The summed E-state index contributed by atoms with van der Waals surface area (Å²) >= 11 is 0. The summed E-state index contributed by atoms with van der Waals surface area (Å²) in [7, 11) is 0. The Labute approximate surface area is 409 Å². The molecular formula is C60H108O6. The van der Waals surface area contributed by atoms with Gasteiger partial charge < -0.3 is 14.2 Å². The molecule has 0 aliphatic carbocycles. The zero-order valence-electron chi connectivity index (χ0n) is 44.0. The van der Waals surface area contributed by atoms with Gasteiger partial charge >= 0.3 is 17.9 Å². The first-order valence-electron chi connectivity index (χ1n) is 28.6. The van der Waals surface area contributed by atoms with Crippen molar-refractivity contribution in [3.63, 3.8) is 0 Å². The highest BCUT2D eigenvalue weighted by Crippen LogP contribution is 2.17. The number of allylic oxidation sites excluding steroid dienone is 8. The van der Waals surface area contributed by atoms with E-state index >= 15 is 0 Å². The van der Waals surface area contributed by atoms with Crippen molar-refractivity contribution in [3.05, 3.63) is 48.6 Å². The minimum absolute atomic E-state index is 0.0677. The maximum Gasteiger partial charge on any atom is 0.306 e. The van der Waals surface area contributed by atoms with Gasteiger partial charge in [0.2, 0.25) is 0 Å². The zero-order valence-corrected chi connectivity index (χ0v) is 44.0. The maximum absolute atomic E-state index is 12.6. The third kappa shape index (κ3) is 52.3. The molecule has 0 aromatic heterocycles. The number of rotatable bonds is 52. The normalized spacial score (nSPS) is 12.3. The summed E-state index contributed by atoms with van der Waals surface area (Å²) in [6.07, 6.45) is 67.6. The minimum atomic E-state index is -0.761. The van der Waals surface area contributed by atoms with Crippen LogP contribution in [0.2, 0.25) is 0 Å². The summed E-state index contributed by atoms with van der Waals surface area (Å²) in [5, 5.41) is 0. The van der Waals surface area contributed by atoms with E-state index in [2.05, 4.69) is 69.4 Å². The van der Waals surface area contributed by atoms with Crippen molar-refractivity contribution in [1.82, 2.24) is 0 Å². The van der Waals surface area contributed by atoms with Crippen LogP contribution in [-0.4, -0.2) is 37.2 Å². The van der Waals surface area contributed by atoms with Gasteiger partial charge in [0.25, 0.3) is 0 Å². The molecule has 0 aliphatic heterocycles. The molecule has 0 saturated carbocycles. The van der Waals surface area contributed by atoms with Crippen molar-refractivity contribution in [1.29, 1.82) is 0 Å². The first kappa shape index (κ1) is 63.4. The van der Waals surface area contributed by atoms with E-state index < -0.39 is 6.10 Å². The van der Waals surface area contributed by atoms with Crippen molar-refractivity contribution in [2.24, 2.45) is 0 Å². The molecule has 0 aliphatic rings. The highest BCUT2D eigenvalue weighted by molar-refractivity contribution is 5.71. The lowest BCUT2D eigenvalue weighted by atomic mass is 10.0. The highest BCUT2D eigenvalue weighted by Gasteiger charge is 2.19. The van der Waals surface area contributed by atoms with Crippen LogP contribution in [-0.2, 0) is 28.6 Å². The lowest BCUT2D eigenvalue weighted by molar-refractivity contribution is -0.167. The Kier molecular flexibility index (Phi) is 52.8. The molecule has 1 atom stereocenters. The van der Waals surface area contributed by atoms with Gasteiger partial charge in [-0.25, -0.2) is 0 Å². The Balaban J connectivity index is 3.76. The lowest BCUT2D eigenvalue weighted by Gasteiger charge is -2.18. The molecule has 0 aromatic carbocycles. The Hall–Kier alpha value is -2.63. The smallest absolute Gasteiger partial charge is 0.306 e. The SMILES string of the molecule is CC/C=C\C/C=C\C/C=C\C/C=C\CCCCCCCCCCCCCCCCCCCCCCCCC(=O)OCC(COC(=O)CCCCCCCC)OC(=O)CCCCCCCCC. The van der Waals surface area contributed by atoms with Crippen molar-refractivity contribution < 1.29 is 28.6 Å². The summed E-state index contributed by atoms with van der Waals surface area (Å²) < 4.78 is 16.6. The van der Waals surface area contributed by atoms with Crippen molar-refractivity contribution in [3.8, 4) is 0 Å². The van der Waals surface area contributed by atoms with Gasteiger partial charge in [0.05, 0.1) is 0 Å². The van der Waals surface area contributed by atoms with E-state index in [1.165, 1.54) is 173 Å². The maximum atomic E-state index is 12.6. The fourth-order valence-electron chi connectivity index (χ4n) is 8.32. The fourth-order valence-corrected chi connectivity index (χ4v) is 8.32. The molecule has 0 spiro atoms. The van der Waals surface area contributed by atoms with Crippen LogP contribution in [0.15, 0.2) is 48.6 Å². The summed E-state index contributed by atoms with van der Waals surface area (Å²) in [5.74, 6) is -0.874. The van der Waals surface area contributed by atoms with Crippen LogP contribution in [0.3, 0.4) is 0 Å². The molecule has 0 fully saturated rings. The average molecular weight is 926 g/mol. The number of carbonyl (C=O) groups is 3. The molecule has 384 valence electrons. The lowest BCUT2D eigenvalue weighted by Crippen LogP contribution is -2.30. The van der Waals surface area contributed by atoms with Crippen LogP contribution < -0.4 is 0 Å². The van der Waals surface area contributed by atoms with Gasteiger partial charge in [-0.05, 0) is 57.8 Å². The number of unbranched alkanes of at least 4 members (excludes halogenated alkanes) is 33. The fraction of sp³-hybridized carbons (Fsp3) is 0.817. The standard InChI is InChI=1S/C60H108O6/c1-4-7-10-13-16-17-18-19-20-21-22-23-24-25-26-27-28-29-30-31-32-33-34-35-36-37-38-39-40-41-42-43-45-47-50-53-59(62)65-56-57(55-64-58(61)52-49-46-15-12-9-6-3)66-60(63)54-51-48-44-14-11-8-5-2/h7,10,16-17,19-20,22-23,57H,4-6,8-9,11-15,18,21,24-56H2,1-3H3/b10-7-,17-16-,20-19-,23-22-. The molecule has 66 heavy (non-hydrogen) atoms. The first-order chi connectivity index (χ1) is 32.5. The monoisotopic (exact) mass is 925 g/mol. The second-order valence-corrected chi connectivity index (χ2v) is 19.2. The molecule has 0 amide bonds. The van der Waals surface area contributed by atoms with Crippen molar-refractivity contribution >= 4 is 17.9 Å². The Bertz CT molecular complexity index is 1150. The van der Waals surface area contributed by atoms with E-state index in [0.717, 1.165) is 83.5 Å². The van der Waals surface area contributed by atoms with Crippen LogP contribution in [0.25, 0.3) is 0 Å². The van der Waals surface area contributed by atoms with E-state index in [0.29, 0.717) is 19.3 Å². The highest BCUT2D eigenvalue weighted by atomic mass is 16.6. The van der Waals surface area contributed by atoms with Crippen molar-refractivity contribution in [2.45, 2.75) is 303 Å². The number of esters is 3. The number of hydrogen-bond donors (Lipinski definition) is 0. The zero-order chi connectivity index (χ0) is 47.9. The molecule has 1 unspecified atom stereocenters. The summed E-state index contributed by atoms with van der Waals surface area (Å²) in [5.41, 5.74) is 0. The Morgan fingerprint density at radius 3 is 0.924 bits per heavy atom. The largest absolute Gasteiger partial charge is 0.462 e. The van der Waals surface area contributed by atoms with Gasteiger partial charge in [-0.15, -0.1) is 0 Å². The second-order valence-electron chi connectivity index (χ2n) is 19.2. The van der Waals surface area contributed by atoms with Gasteiger partial charge in [-0.1, -0.05) is 268 Å². The molecule has 0 saturated heterocycles. The van der Waals surface area contributed by atoms with Crippen LogP contribution in [0.5, 0.6) is 0 Å². The van der Waals surface area contributed by atoms with Crippen LogP contribution in [0, 0.1) is 0 Å². The average Bonchev–Trinajstić information content (AvgIpc) is 3.31. The van der Waals surface area contributed by atoms with E-state index in [4.69, 9.17) is 14.2 Å². The second kappa shape index (κ2) is 55.0. The third-order valence-electron chi connectivity index (χ3n) is 12.6. The molecule has 0 bridgehead atoms. The number of carbonyl (C=O) groups excluding carboxylic acids is 3. The van der Waals surface area contributed by atoms with Gasteiger partial charge in [0, 0.05) is 19.3 Å². The predicted molar refractivity (Wildman–Crippen MR) is 284 cm³/mol. The Morgan fingerprint density at radius 2 is 0.591 bits per heavy atom. The summed E-state index contributed by atoms with van der Waals surface area (Å²) in [6.45, 7) is 6.44. The van der Waals surface area contributed by atoms with Crippen molar-refractivity contribution in [2.75, 3.05) is 13.2 Å². The van der Waals surface area contributed by atoms with E-state index in [1.54, 1.807) is 0 Å². The molecule has 6 heteroatoms. The molecule has 6 nitrogen and oxygen atoms in total. The topological polar surface area (TPSA) is 78.9 Å². The van der Waals surface area contributed by atoms with Crippen LogP contribution in [0.1, 0.15) is 297 Å². The molecule has 0 rings (SSSR count). The van der Waals surface area contributed by atoms with Crippen LogP contribution >= 0.6 is 0 Å². The van der Waals surface area contributed by atoms with Gasteiger partial charge in [0.15, 0.2) is 6.10 Å². The summed E-state index contributed by atoms with van der Waals surface area (Å²) in [4.78, 5) is 37.5. The molecule has 0 aromatic rings. The molecular weight excluding hydrogens is 817 g/mol. The summed E-state index contributed by atoms with van der Waals surface area (Å²) in [6, 6.07) is 0. The third-order valence-corrected chi connectivity index (χ3v) is 12.6. The van der Waals surface area contributed by atoms with Gasteiger partial charge in [0.1, 0.15) is 13.2 Å². The predicted octanol–water partition coefficient (Wildman–Crippen LogP) is 19.0. The first-order valence-corrected chi connectivity index (χ1v) is 28.6. The quantitative estimate of drug-likeness (QED) is 0.0262. The van der Waals surface area contributed by atoms with Crippen LogP contribution in [0.4, 0.5) is 0 Å². The number of ether oxygens (including phenoxy) is 3. The molecule has 0 radical (unpaired) electrons. The van der Waals surface area contributed by atoms with E-state index in [1.807, 2.05) is 0 Å². The number of hydrogen-bond acceptors (Lipinski definition) is 6.